The lowest BCUT2D eigenvalue weighted by atomic mass is 10.1. The van der Waals surface area contributed by atoms with E-state index < -0.39 is 23.3 Å². The number of carbonyl (C=O) groups is 2. The first kappa shape index (κ1) is 17.1. The number of hydrogen-bond acceptors (Lipinski definition) is 4. The Labute approximate surface area is 153 Å². The number of carboxylic acid groups (broad SMARTS) is 1. The summed E-state index contributed by atoms with van der Waals surface area (Å²) in [7, 11) is 0. The Kier molecular flexibility index (Phi) is 5.04. The van der Waals surface area contributed by atoms with Crippen molar-refractivity contribution in [1.29, 1.82) is 0 Å². The van der Waals surface area contributed by atoms with Gasteiger partial charge in [-0.1, -0.05) is 47.5 Å². The molecule has 0 bridgehead atoms. The Morgan fingerprint density at radius 1 is 1.12 bits per heavy atom. The lowest BCUT2D eigenvalue weighted by Crippen LogP contribution is -2.49. The third kappa shape index (κ3) is 3.24. The summed E-state index contributed by atoms with van der Waals surface area (Å²) in [5, 5.41) is 11.9. The van der Waals surface area contributed by atoms with Gasteiger partial charge < -0.3 is 14.8 Å². The summed E-state index contributed by atoms with van der Waals surface area (Å²) in [6.45, 7) is 0. The molecule has 2 atom stereocenters. The monoisotopic (exact) mass is 380 g/mol. The summed E-state index contributed by atoms with van der Waals surface area (Å²) in [6.07, 6.45) is 0. The lowest BCUT2D eigenvalue weighted by molar-refractivity contribution is -0.310. The van der Waals surface area contributed by atoms with Crippen molar-refractivity contribution in [2.45, 2.75) is 11.4 Å². The fourth-order valence-electron chi connectivity index (χ4n) is 2.62. The molecule has 0 spiro atoms. The van der Waals surface area contributed by atoms with Gasteiger partial charge in [0.25, 0.3) is 5.91 Å². The van der Waals surface area contributed by atoms with Crippen LogP contribution in [0.15, 0.2) is 48.5 Å². The zero-order valence-electron chi connectivity index (χ0n) is 12.3. The third-order valence-electron chi connectivity index (χ3n) is 3.75. The van der Waals surface area contributed by atoms with Crippen molar-refractivity contribution in [2.75, 3.05) is 5.75 Å². The van der Waals surface area contributed by atoms with Gasteiger partial charge in [-0.25, -0.2) is 0 Å². The van der Waals surface area contributed by atoms with Gasteiger partial charge in [-0.05, 0) is 24.3 Å². The minimum Gasteiger partial charge on any atom is -0.548 e. The first-order valence-electron chi connectivity index (χ1n) is 7.14. The second kappa shape index (κ2) is 7.05. The maximum absolute atomic E-state index is 12.9. The molecule has 4 nitrogen and oxygen atoms in total. The van der Waals surface area contributed by atoms with Crippen LogP contribution in [0.3, 0.4) is 0 Å². The van der Waals surface area contributed by atoms with Crippen molar-refractivity contribution in [3.05, 3.63) is 69.7 Å². The number of thioether (sulfide) groups is 1. The molecule has 1 heterocycles. The number of halogens is 2. The highest BCUT2D eigenvalue weighted by Crippen LogP contribution is 2.44. The molecular weight excluding hydrogens is 369 g/mol. The predicted octanol–water partition coefficient (Wildman–Crippen LogP) is 3.00. The van der Waals surface area contributed by atoms with Crippen molar-refractivity contribution in [3.8, 4) is 0 Å². The standard InChI is InChI=1S/C17H13Cl2NO3S/c18-11-5-3-4-10(8-11)15(21)20-14(17(22)23)9-24-16(20)12-6-1-2-7-13(12)19/h1-8,14,16H,9H2,(H,22,23)/p-1. The van der Waals surface area contributed by atoms with E-state index in [1.807, 2.05) is 0 Å². The first-order valence-corrected chi connectivity index (χ1v) is 8.94. The van der Waals surface area contributed by atoms with Crippen LogP contribution in [0.1, 0.15) is 21.3 Å². The van der Waals surface area contributed by atoms with Crippen molar-refractivity contribution >= 4 is 46.8 Å². The molecule has 0 radical (unpaired) electrons. The maximum Gasteiger partial charge on any atom is 0.255 e. The highest BCUT2D eigenvalue weighted by Gasteiger charge is 2.40. The summed E-state index contributed by atoms with van der Waals surface area (Å²) in [5.74, 6) is -1.46. The van der Waals surface area contributed by atoms with Crippen LogP contribution in [0, 0.1) is 0 Å². The molecule has 1 amide bonds. The van der Waals surface area contributed by atoms with Crippen molar-refractivity contribution in [1.82, 2.24) is 4.90 Å². The van der Waals surface area contributed by atoms with Crippen LogP contribution in [0.5, 0.6) is 0 Å². The highest BCUT2D eigenvalue weighted by molar-refractivity contribution is 7.99. The topological polar surface area (TPSA) is 60.4 Å². The Morgan fingerprint density at radius 2 is 1.88 bits per heavy atom. The van der Waals surface area contributed by atoms with Crippen LogP contribution in [-0.4, -0.2) is 28.6 Å². The Hall–Kier alpha value is -1.69. The molecule has 1 saturated heterocycles. The molecule has 1 fully saturated rings. The third-order valence-corrected chi connectivity index (χ3v) is 5.63. The SMILES string of the molecule is O=C([O-])C1CSC(c2ccccc2Cl)N1C(=O)c1cccc(Cl)c1. The normalized spacial score (nSPS) is 20.2. The van der Waals surface area contributed by atoms with Crippen LogP contribution in [0.4, 0.5) is 0 Å². The molecule has 7 heteroatoms. The average molecular weight is 381 g/mol. The Bertz CT molecular complexity index is 799. The van der Waals surface area contributed by atoms with E-state index >= 15 is 0 Å². The number of carbonyl (C=O) groups excluding carboxylic acids is 2. The van der Waals surface area contributed by atoms with E-state index in [2.05, 4.69) is 0 Å². The molecule has 1 aliphatic rings. The number of amides is 1. The minimum atomic E-state index is -1.28. The number of rotatable bonds is 3. The van der Waals surface area contributed by atoms with Gasteiger partial charge in [0.15, 0.2) is 0 Å². The van der Waals surface area contributed by atoms with Crippen LogP contribution in [-0.2, 0) is 4.79 Å². The van der Waals surface area contributed by atoms with E-state index in [4.69, 9.17) is 23.2 Å². The van der Waals surface area contributed by atoms with Gasteiger partial charge in [-0.3, -0.25) is 4.79 Å². The summed E-state index contributed by atoms with van der Waals surface area (Å²) < 4.78 is 0. The first-order chi connectivity index (χ1) is 11.5. The molecule has 124 valence electrons. The summed E-state index contributed by atoms with van der Waals surface area (Å²) in [6, 6.07) is 12.5. The smallest absolute Gasteiger partial charge is 0.255 e. The average Bonchev–Trinajstić information content (AvgIpc) is 2.99. The zero-order chi connectivity index (χ0) is 17.3. The van der Waals surface area contributed by atoms with E-state index in [0.717, 1.165) is 0 Å². The van der Waals surface area contributed by atoms with E-state index in [1.54, 1.807) is 42.5 Å². The van der Waals surface area contributed by atoms with Crippen molar-refractivity contribution in [3.63, 3.8) is 0 Å². The summed E-state index contributed by atoms with van der Waals surface area (Å²) in [5.41, 5.74) is 1.02. The van der Waals surface area contributed by atoms with Crippen LogP contribution < -0.4 is 5.11 Å². The molecule has 1 aliphatic heterocycles. The molecule has 2 aromatic rings. The highest BCUT2D eigenvalue weighted by atomic mass is 35.5. The zero-order valence-corrected chi connectivity index (χ0v) is 14.6. The number of hydrogen-bond donors (Lipinski definition) is 0. The lowest BCUT2D eigenvalue weighted by Gasteiger charge is -2.30. The van der Waals surface area contributed by atoms with Gasteiger partial charge in [-0.2, -0.15) is 0 Å². The second-order valence-electron chi connectivity index (χ2n) is 5.26. The number of carboxylic acids is 1. The quantitative estimate of drug-likeness (QED) is 0.820. The summed E-state index contributed by atoms with van der Waals surface area (Å²) in [4.78, 5) is 25.7. The van der Waals surface area contributed by atoms with E-state index in [0.29, 0.717) is 21.2 Å². The number of nitrogens with zero attached hydrogens (tertiary/aromatic N) is 1. The summed E-state index contributed by atoms with van der Waals surface area (Å²) >= 11 is 13.5. The molecule has 0 aliphatic carbocycles. The Morgan fingerprint density at radius 3 is 2.54 bits per heavy atom. The van der Waals surface area contributed by atoms with Gasteiger partial charge in [0, 0.05) is 26.9 Å². The molecule has 2 aromatic carbocycles. The molecule has 3 rings (SSSR count). The second-order valence-corrected chi connectivity index (χ2v) is 7.22. The molecule has 2 unspecified atom stereocenters. The van der Waals surface area contributed by atoms with Crippen LogP contribution in [0.25, 0.3) is 0 Å². The molecule has 24 heavy (non-hydrogen) atoms. The maximum atomic E-state index is 12.9. The molecule has 0 aromatic heterocycles. The van der Waals surface area contributed by atoms with E-state index in [-0.39, 0.29) is 5.75 Å². The van der Waals surface area contributed by atoms with Crippen LogP contribution in [0.2, 0.25) is 10.0 Å². The van der Waals surface area contributed by atoms with E-state index in [9.17, 15) is 14.7 Å². The predicted molar refractivity (Wildman–Crippen MR) is 93.1 cm³/mol. The molecule has 0 saturated carbocycles. The van der Waals surface area contributed by atoms with Gasteiger partial charge in [-0.15, -0.1) is 11.8 Å². The minimum absolute atomic E-state index is 0.241. The largest absolute Gasteiger partial charge is 0.548 e. The fraction of sp³-hybridized carbons (Fsp3) is 0.176. The van der Waals surface area contributed by atoms with Crippen molar-refractivity contribution < 1.29 is 14.7 Å². The van der Waals surface area contributed by atoms with Gasteiger partial charge >= 0.3 is 0 Å². The van der Waals surface area contributed by atoms with Gasteiger partial charge in [0.1, 0.15) is 5.37 Å². The number of benzene rings is 2. The van der Waals surface area contributed by atoms with E-state index in [1.165, 1.54) is 22.7 Å². The molecular formula is C17H12Cl2NO3S-. The van der Waals surface area contributed by atoms with Crippen LogP contribution >= 0.6 is 35.0 Å². The molecule has 0 N–H and O–H groups in total. The number of aliphatic carboxylic acids is 1. The fourth-order valence-corrected chi connectivity index (χ4v) is 4.57. The van der Waals surface area contributed by atoms with Gasteiger partial charge in [0.2, 0.25) is 0 Å². The van der Waals surface area contributed by atoms with Crippen molar-refractivity contribution in [2.24, 2.45) is 0 Å². The van der Waals surface area contributed by atoms with Gasteiger partial charge in [0.05, 0.1) is 12.0 Å². The Balaban J connectivity index is 2.02.